The Morgan fingerprint density at radius 2 is 1.36 bits per heavy atom. The van der Waals surface area contributed by atoms with Crippen LogP contribution in [0, 0.1) is 10.1 Å². The summed E-state index contributed by atoms with van der Waals surface area (Å²) in [5, 5.41) is 18.4. The van der Waals surface area contributed by atoms with Gasteiger partial charge in [0.25, 0.3) is 0 Å². The molecule has 0 aromatic carbocycles. The Morgan fingerprint density at radius 3 is 1.79 bits per heavy atom. The standard InChI is InChI=1S/C9H8N4O2.C9H10N4/c14-13(15)9-5-11-12(7-9)6-8-1-3-10-4-2-8;10-9-5-12-13(7-9)6-8-1-3-11-4-2-8/h1-5,7H,6H2;1-5,7H,6,10H2. The number of aromatic nitrogens is 6. The summed E-state index contributed by atoms with van der Waals surface area (Å²) >= 11 is 0. The van der Waals surface area contributed by atoms with E-state index in [-0.39, 0.29) is 5.69 Å². The zero-order valence-electron chi connectivity index (χ0n) is 14.9. The number of anilines is 1. The maximum absolute atomic E-state index is 10.4. The zero-order valence-corrected chi connectivity index (χ0v) is 14.9. The van der Waals surface area contributed by atoms with Crippen LogP contribution in [0.2, 0.25) is 0 Å². The lowest BCUT2D eigenvalue weighted by Crippen LogP contribution is -1.99. The van der Waals surface area contributed by atoms with Gasteiger partial charge in [-0.1, -0.05) is 0 Å². The monoisotopic (exact) mass is 378 g/mol. The molecule has 0 saturated heterocycles. The van der Waals surface area contributed by atoms with E-state index in [1.807, 2.05) is 24.3 Å². The van der Waals surface area contributed by atoms with Gasteiger partial charge in [-0.3, -0.25) is 29.4 Å². The first-order valence-corrected chi connectivity index (χ1v) is 8.33. The van der Waals surface area contributed by atoms with Crippen LogP contribution in [0.3, 0.4) is 0 Å². The van der Waals surface area contributed by atoms with Gasteiger partial charge < -0.3 is 5.73 Å². The predicted molar refractivity (Wildman–Crippen MR) is 102 cm³/mol. The first kappa shape index (κ1) is 18.7. The fourth-order valence-corrected chi connectivity index (χ4v) is 2.35. The molecular weight excluding hydrogens is 360 g/mol. The molecule has 0 aliphatic carbocycles. The summed E-state index contributed by atoms with van der Waals surface area (Å²) in [5.74, 6) is 0. The molecule has 4 aromatic heterocycles. The van der Waals surface area contributed by atoms with Crippen molar-refractivity contribution in [3.8, 4) is 0 Å². The van der Waals surface area contributed by atoms with Crippen LogP contribution in [0.5, 0.6) is 0 Å². The minimum Gasteiger partial charge on any atom is -0.396 e. The average molecular weight is 378 g/mol. The minimum atomic E-state index is -0.462. The summed E-state index contributed by atoms with van der Waals surface area (Å²) in [7, 11) is 0. The highest BCUT2D eigenvalue weighted by molar-refractivity contribution is 5.30. The van der Waals surface area contributed by atoms with Crippen LogP contribution in [0.4, 0.5) is 11.4 Å². The molecule has 0 unspecified atom stereocenters. The van der Waals surface area contributed by atoms with Crippen LogP contribution in [-0.2, 0) is 13.1 Å². The van der Waals surface area contributed by atoms with E-state index in [0.717, 1.165) is 17.7 Å². The van der Waals surface area contributed by atoms with Gasteiger partial charge in [0.1, 0.15) is 12.4 Å². The largest absolute Gasteiger partial charge is 0.396 e. The first-order valence-electron chi connectivity index (χ1n) is 8.33. The van der Waals surface area contributed by atoms with Crippen molar-refractivity contribution in [1.82, 2.24) is 29.5 Å². The molecule has 0 atom stereocenters. The van der Waals surface area contributed by atoms with Crippen LogP contribution in [0.1, 0.15) is 11.1 Å². The zero-order chi connectivity index (χ0) is 19.8. The molecule has 4 heterocycles. The average Bonchev–Trinajstić information content (AvgIpc) is 3.33. The van der Waals surface area contributed by atoms with E-state index in [2.05, 4.69) is 20.2 Å². The smallest absolute Gasteiger partial charge is 0.307 e. The molecule has 0 fully saturated rings. The van der Waals surface area contributed by atoms with Crippen molar-refractivity contribution < 1.29 is 4.92 Å². The number of hydrogen-bond donors (Lipinski definition) is 1. The highest BCUT2D eigenvalue weighted by Crippen LogP contribution is 2.09. The molecule has 4 aromatic rings. The third-order valence-corrected chi connectivity index (χ3v) is 3.67. The Hall–Kier alpha value is -4.08. The molecule has 0 aliphatic rings. The second kappa shape index (κ2) is 9.03. The lowest BCUT2D eigenvalue weighted by atomic mass is 10.3. The molecular formula is C18H18N8O2. The van der Waals surface area contributed by atoms with Crippen molar-refractivity contribution >= 4 is 11.4 Å². The second-order valence-corrected chi connectivity index (χ2v) is 5.84. The molecule has 0 bridgehead atoms. The van der Waals surface area contributed by atoms with Gasteiger partial charge in [0.05, 0.1) is 29.9 Å². The van der Waals surface area contributed by atoms with Crippen molar-refractivity contribution in [1.29, 1.82) is 0 Å². The molecule has 0 spiro atoms. The van der Waals surface area contributed by atoms with Crippen LogP contribution in [0.25, 0.3) is 0 Å². The van der Waals surface area contributed by atoms with E-state index in [1.165, 1.54) is 17.1 Å². The van der Waals surface area contributed by atoms with Gasteiger partial charge in [-0.15, -0.1) is 0 Å². The lowest BCUT2D eigenvalue weighted by molar-refractivity contribution is -0.385. The lowest BCUT2D eigenvalue weighted by Gasteiger charge is -1.99. The summed E-state index contributed by atoms with van der Waals surface area (Å²) in [6, 6.07) is 7.59. The highest BCUT2D eigenvalue weighted by Gasteiger charge is 2.08. The number of pyridine rings is 2. The summed E-state index contributed by atoms with van der Waals surface area (Å²) in [6.07, 6.45) is 13.0. The Balaban J connectivity index is 0.000000162. The topological polar surface area (TPSA) is 131 Å². The molecule has 0 amide bonds. The molecule has 0 saturated carbocycles. The van der Waals surface area contributed by atoms with Crippen LogP contribution in [0.15, 0.2) is 73.8 Å². The van der Waals surface area contributed by atoms with E-state index in [1.54, 1.807) is 41.9 Å². The van der Waals surface area contributed by atoms with Crippen LogP contribution >= 0.6 is 0 Å². The fourth-order valence-electron chi connectivity index (χ4n) is 2.35. The number of nitrogens with zero attached hydrogens (tertiary/aromatic N) is 7. The number of hydrogen-bond acceptors (Lipinski definition) is 7. The van der Waals surface area contributed by atoms with Gasteiger partial charge in [-0.25, -0.2) is 0 Å². The van der Waals surface area contributed by atoms with Gasteiger partial charge in [0.2, 0.25) is 0 Å². The third kappa shape index (κ3) is 5.46. The van der Waals surface area contributed by atoms with E-state index in [9.17, 15) is 10.1 Å². The quantitative estimate of drug-likeness (QED) is 0.416. The molecule has 10 heteroatoms. The molecule has 10 nitrogen and oxygen atoms in total. The first-order chi connectivity index (χ1) is 13.6. The highest BCUT2D eigenvalue weighted by atomic mass is 16.6. The number of nitrogens with two attached hydrogens (primary N) is 1. The van der Waals surface area contributed by atoms with Gasteiger partial charge >= 0.3 is 5.69 Å². The minimum absolute atomic E-state index is 0.00376. The van der Waals surface area contributed by atoms with E-state index in [4.69, 9.17) is 5.73 Å². The van der Waals surface area contributed by atoms with Crippen molar-refractivity contribution in [2.24, 2.45) is 0 Å². The van der Waals surface area contributed by atoms with Gasteiger partial charge in [-0.2, -0.15) is 10.2 Å². The van der Waals surface area contributed by atoms with Crippen molar-refractivity contribution in [3.05, 3.63) is 95.1 Å². The van der Waals surface area contributed by atoms with Gasteiger partial charge in [0.15, 0.2) is 0 Å². The number of rotatable bonds is 5. The van der Waals surface area contributed by atoms with E-state index >= 15 is 0 Å². The number of nitro groups is 1. The summed E-state index contributed by atoms with van der Waals surface area (Å²) in [4.78, 5) is 17.8. The van der Waals surface area contributed by atoms with Crippen molar-refractivity contribution in [2.75, 3.05) is 5.73 Å². The van der Waals surface area contributed by atoms with Crippen molar-refractivity contribution in [2.45, 2.75) is 13.1 Å². The van der Waals surface area contributed by atoms with E-state index in [0.29, 0.717) is 12.2 Å². The van der Waals surface area contributed by atoms with Crippen LogP contribution in [-0.4, -0.2) is 34.5 Å². The van der Waals surface area contributed by atoms with Gasteiger partial charge in [-0.05, 0) is 35.4 Å². The molecule has 2 N–H and O–H groups in total. The van der Waals surface area contributed by atoms with E-state index < -0.39 is 4.92 Å². The third-order valence-electron chi connectivity index (χ3n) is 3.67. The fraction of sp³-hybridized carbons (Fsp3) is 0.111. The SMILES string of the molecule is Nc1cnn(Cc2ccncc2)c1.O=[N+]([O-])c1cnn(Cc2ccncc2)c1. The molecule has 28 heavy (non-hydrogen) atoms. The Labute approximate surface area is 160 Å². The summed E-state index contributed by atoms with van der Waals surface area (Å²) < 4.78 is 3.32. The molecule has 0 aliphatic heterocycles. The second-order valence-electron chi connectivity index (χ2n) is 5.84. The van der Waals surface area contributed by atoms with Crippen molar-refractivity contribution in [3.63, 3.8) is 0 Å². The molecule has 142 valence electrons. The molecule has 0 radical (unpaired) electrons. The van der Waals surface area contributed by atoms with Gasteiger partial charge in [0, 0.05) is 31.0 Å². The maximum Gasteiger partial charge on any atom is 0.307 e. The Bertz CT molecular complexity index is 1010. The predicted octanol–water partition coefficient (Wildman–Crippen LogP) is 2.14. The Kier molecular flexibility index (Phi) is 6.03. The maximum atomic E-state index is 10.4. The summed E-state index contributed by atoms with van der Waals surface area (Å²) in [6.45, 7) is 1.25. The number of nitrogen functional groups attached to an aromatic ring is 1. The van der Waals surface area contributed by atoms with Crippen LogP contribution < -0.4 is 5.73 Å². The Morgan fingerprint density at radius 1 is 0.857 bits per heavy atom. The normalized spacial score (nSPS) is 10.1. The summed E-state index contributed by atoms with van der Waals surface area (Å²) in [5.41, 5.74) is 8.40. The molecule has 4 rings (SSSR count).